The molecule has 1 unspecified atom stereocenters. The Balaban J connectivity index is 2.07. The van der Waals surface area contributed by atoms with Gasteiger partial charge in [-0.25, -0.2) is 0 Å². The molecule has 2 N–H and O–H groups in total. The molecule has 1 atom stereocenters. The lowest BCUT2D eigenvalue weighted by molar-refractivity contribution is 0.827. The second kappa shape index (κ2) is 5.13. The average Bonchev–Trinajstić information content (AvgIpc) is 2.97. The van der Waals surface area contributed by atoms with E-state index in [1.54, 1.807) is 12.4 Å². The molecule has 5 heteroatoms. The molecule has 3 rings (SSSR count). The lowest BCUT2D eigenvalue weighted by Crippen LogP contribution is -2.08. The van der Waals surface area contributed by atoms with Crippen molar-refractivity contribution in [2.75, 3.05) is 5.32 Å². The van der Waals surface area contributed by atoms with E-state index >= 15 is 0 Å². The van der Waals surface area contributed by atoms with Crippen molar-refractivity contribution < 1.29 is 0 Å². The molecular formula is C15H15ClN4. The summed E-state index contributed by atoms with van der Waals surface area (Å²) in [4.78, 5) is 4.43. The van der Waals surface area contributed by atoms with Crippen molar-refractivity contribution in [3.05, 3.63) is 52.9 Å². The highest BCUT2D eigenvalue weighted by atomic mass is 35.5. The van der Waals surface area contributed by atoms with E-state index in [-0.39, 0.29) is 6.04 Å². The van der Waals surface area contributed by atoms with Gasteiger partial charge in [-0.05, 0) is 43.7 Å². The Labute approximate surface area is 122 Å². The largest absolute Gasteiger partial charge is 0.375 e. The second-order valence-corrected chi connectivity index (χ2v) is 5.24. The molecule has 0 amide bonds. The smallest absolute Gasteiger partial charge is 0.0752 e. The highest BCUT2D eigenvalue weighted by Gasteiger charge is 2.13. The van der Waals surface area contributed by atoms with Crippen LogP contribution >= 0.6 is 11.6 Å². The summed E-state index contributed by atoms with van der Waals surface area (Å²) in [6, 6.07) is 7.92. The maximum Gasteiger partial charge on any atom is 0.0752 e. The molecular weight excluding hydrogens is 272 g/mol. The van der Waals surface area contributed by atoms with Crippen LogP contribution in [0.5, 0.6) is 0 Å². The van der Waals surface area contributed by atoms with Gasteiger partial charge in [0.2, 0.25) is 0 Å². The number of aromatic nitrogens is 3. The summed E-state index contributed by atoms with van der Waals surface area (Å²) in [5.74, 6) is 0. The fourth-order valence-corrected chi connectivity index (χ4v) is 2.65. The van der Waals surface area contributed by atoms with Gasteiger partial charge in [0.25, 0.3) is 0 Å². The Morgan fingerprint density at radius 1 is 1.30 bits per heavy atom. The third-order valence-corrected chi connectivity index (χ3v) is 3.68. The standard InChI is InChI=1S/C15H15ClN4/c1-9-8-12(16)15(11-4-3-6-17-14(9)11)19-10(2)13-5-7-18-20-13/h3-8,10,19H,1-2H3,(H,18,20). The van der Waals surface area contributed by atoms with Gasteiger partial charge in [-0.1, -0.05) is 11.6 Å². The van der Waals surface area contributed by atoms with Crippen molar-refractivity contribution >= 4 is 28.2 Å². The number of anilines is 1. The SMILES string of the molecule is Cc1cc(Cl)c(NC(C)c2ccn[nH]2)c2cccnc12. The van der Waals surface area contributed by atoms with Gasteiger partial charge in [0.1, 0.15) is 0 Å². The van der Waals surface area contributed by atoms with Crippen LogP contribution in [0.2, 0.25) is 5.02 Å². The molecule has 2 heterocycles. The first-order valence-electron chi connectivity index (χ1n) is 6.46. The summed E-state index contributed by atoms with van der Waals surface area (Å²) >= 11 is 6.40. The van der Waals surface area contributed by atoms with Crippen LogP contribution < -0.4 is 5.32 Å². The van der Waals surface area contributed by atoms with E-state index in [9.17, 15) is 0 Å². The quantitative estimate of drug-likeness (QED) is 0.762. The molecule has 0 bridgehead atoms. The minimum absolute atomic E-state index is 0.0844. The molecule has 3 aromatic rings. The van der Waals surface area contributed by atoms with Crippen LogP contribution in [0.25, 0.3) is 10.9 Å². The Bertz CT molecular complexity index is 737. The summed E-state index contributed by atoms with van der Waals surface area (Å²) in [6.45, 7) is 4.08. The highest BCUT2D eigenvalue weighted by molar-refractivity contribution is 6.35. The van der Waals surface area contributed by atoms with E-state index in [0.717, 1.165) is 27.8 Å². The van der Waals surface area contributed by atoms with E-state index in [1.165, 1.54) is 0 Å². The predicted molar refractivity (Wildman–Crippen MR) is 82.1 cm³/mol. The molecule has 0 saturated heterocycles. The Morgan fingerprint density at radius 3 is 2.90 bits per heavy atom. The van der Waals surface area contributed by atoms with Gasteiger partial charge in [0.05, 0.1) is 28.0 Å². The van der Waals surface area contributed by atoms with Crippen LogP contribution in [0.1, 0.15) is 24.2 Å². The molecule has 0 fully saturated rings. The maximum absolute atomic E-state index is 6.40. The zero-order chi connectivity index (χ0) is 14.1. The number of aromatic amines is 1. The van der Waals surface area contributed by atoms with Crippen molar-refractivity contribution in [2.45, 2.75) is 19.9 Å². The van der Waals surface area contributed by atoms with Gasteiger partial charge in [-0.2, -0.15) is 5.10 Å². The van der Waals surface area contributed by atoms with Crippen molar-refractivity contribution in [3.8, 4) is 0 Å². The zero-order valence-electron chi connectivity index (χ0n) is 11.3. The fraction of sp³-hybridized carbons (Fsp3) is 0.200. The first-order chi connectivity index (χ1) is 9.66. The Hall–Kier alpha value is -2.07. The Morgan fingerprint density at radius 2 is 2.15 bits per heavy atom. The fourth-order valence-electron chi connectivity index (χ4n) is 2.33. The van der Waals surface area contributed by atoms with Crippen molar-refractivity contribution in [3.63, 3.8) is 0 Å². The van der Waals surface area contributed by atoms with Gasteiger partial charge in [0, 0.05) is 17.8 Å². The number of nitrogens with one attached hydrogen (secondary N) is 2. The predicted octanol–water partition coefficient (Wildman–Crippen LogP) is 4.09. The first kappa shape index (κ1) is 12.9. The number of H-pyrrole nitrogens is 1. The van der Waals surface area contributed by atoms with Crippen LogP contribution in [0, 0.1) is 6.92 Å². The molecule has 0 aliphatic heterocycles. The first-order valence-corrected chi connectivity index (χ1v) is 6.84. The molecule has 0 aliphatic carbocycles. The molecule has 0 aliphatic rings. The van der Waals surface area contributed by atoms with E-state index < -0.39 is 0 Å². The molecule has 1 aromatic carbocycles. The van der Waals surface area contributed by atoms with Gasteiger partial charge >= 0.3 is 0 Å². The second-order valence-electron chi connectivity index (χ2n) is 4.83. The summed E-state index contributed by atoms with van der Waals surface area (Å²) < 4.78 is 0. The topological polar surface area (TPSA) is 53.6 Å². The number of halogens is 1. The summed E-state index contributed by atoms with van der Waals surface area (Å²) in [7, 11) is 0. The minimum Gasteiger partial charge on any atom is -0.375 e. The third-order valence-electron chi connectivity index (χ3n) is 3.38. The van der Waals surface area contributed by atoms with Crippen molar-refractivity contribution in [1.82, 2.24) is 15.2 Å². The van der Waals surface area contributed by atoms with E-state index in [0.29, 0.717) is 5.02 Å². The van der Waals surface area contributed by atoms with Gasteiger partial charge < -0.3 is 5.32 Å². The lowest BCUT2D eigenvalue weighted by Gasteiger charge is -2.17. The number of rotatable bonds is 3. The normalized spacial score (nSPS) is 12.6. The summed E-state index contributed by atoms with van der Waals surface area (Å²) in [5, 5.41) is 12.1. The third kappa shape index (κ3) is 2.23. The van der Waals surface area contributed by atoms with Gasteiger partial charge in [-0.3, -0.25) is 10.1 Å². The highest BCUT2D eigenvalue weighted by Crippen LogP contribution is 2.34. The van der Waals surface area contributed by atoms with E-state index in [2.05, 4.69) is 27.4 Å². The van der Waals surface area contributed by atoms with E-state index in [1.807, 2.05) is 31.2 Å². The van der Waals surface area contributed by atoms with Crippen LogP contribution in [0.4, 0.5) is 5.69 Å². The summed E-state index contributed by atoms with van der Waals surface area (Å²) in [5.41, 5.74) is 3.96. The number of aryl methyl sites for hydroxylation is 1. The van der Waals surface area contributed by atoms with Crippen LogP contribution in [0.3, 0.4) is 0 Å². The van der Waals surface area contributed by atoms with Gasteiger partial charge in [-0.15, -0.1) is 0 Å². The van der Waals surface area contributed by atoms with Crippen LogP contribution in [0.15, 0.2) is 36.7 Å². The monoisotopic (exact) mass is 286 g/mol. The zero-order valence-corrected chi connectivity index (χ0v) is 12.1. The number of pyridine rings is 1. The molecule has 4 nitrogen and oxygen atoms in total. The molecule has 0 saturated carbocycles. The number of nitrogens with zero attached hydrogens (tertiary/aromatic N) is 2. The molecule has 0 spiro atoms. The van der Waals surface area contributed by atoms with Gasteiger partial charge in [0.15, 0.2) is 0 Å². The van der Waals surface area contributed by atoms with Crippen LogP contribution in [-0.4, -0.2) is 15.2 Å². The van der Waals surface area contributed by atoms with E-state index in [4.69, 9.17) is 11.6 Å². The minimum atomic E-state index is 0.0844. The molecule has 102 valence electrons. The number of fused-ring (bicyclic) bond motifs is 1. The van der Waals surface area contributed by atoms with Crippen molar-refractivity contribution in [1.29, 1.82) is 0 Å². The maximum atomic E-state index is 6.40. The molecule has 2 aromatic heterocycles. The lowest BCUT2D eigenvalue weighted by atomic mass is 10.1. The Kier molecular flexibility index (Phi) is 3.32. The van der Waals surface area contributed by atoms with Crippen LogP contribution in [-0.2, 0) is 0 Å². The number of benzene rings is 1. The average molecular weight is 287 g/mol. The molecule has 0 radical (unpaired) electrons. The summed E-state index contributed by atoms with van der Waals surface area (Å²) in [6.07, 6.45) is 3.54. The number of hydrogen-bond donors (Lipinski definition) is 2. The van der Waals surface area contributed by atoms with Crippen molar-refractivity contribution in [2.24, 2.45) is 0 Å². The molecule has 20 heavy (non-hydrogen) atoms. The number of hydrogen-bond acceptors (Lipinski definition) is 3.